The third-order valence-corrected chi connectivity index (χ3v) is 2.97. The summed E-state index contributed by atoms with van der Waals surface area (Å²) in [6.45, 7) is 0. The van der Waals surface area contributed by atoms with Crippen molar-refractivity contribution in [3.8, 4) is 5.69 Å². The Hall–Kier alpha value is -3.09. The Morgan fingerprint density at radius 2 is 2.00 bits per heavy atom. The van der Waals surface area contributed by atoms with Crippen LogP contribution in [0.3, 0.4) is 0 Å². The molecule has 0 fully saturated rings. The minimum absolute atomic E-state index is 0.0856. The molecule has 7 heteroatoms. The summed E-state index contributed by atoms with van der Waals surface area (Å²) in [7, 11) is 0. The number of aromatic nitrogens is 3. The van der Waals surface area contributed by atoms with Crippen molar-refractivity contribution in [1.29, 1.82) is 0 Å². The number of rotatable bonds is 3. The molecule has 5 nitrogen and oxygen atoms in total. The van der Waals surface area contributed by atoms with Gasteiger partial charge >= 0.3 is 0 Å². The minimum Gasteiger partial charge on any atom is -0.319 e. The van der Waals surface area contributed by atoms with Crippen LogP contribution in [0, 0.1) is 11.6 Å². The zero-order valence-corrected chi connectivity index (χ0v) is 11.2. The molecule has 0 unspecified atom stereocenters. The Labute approximate surface area is 124 Å². The van der Waals surface area contributed by atoms with Gasteiger partial charge in [-0.05, 0) is 30.3 Å². The maximum Gasteiger partial charge on any atom is 0.255 e. The second-order valence-corrected chi connectivity index (χ2v) is 4.48. The van der Waals surface area contributed by atoms with Gasteiger partial charge in [0.1, 0.15) is 11.6 Å². The summed E-state index contributed by atoms with van der Waals surface area (Å²) >= 11 is 0. The first-order valence-electron chi connectivity index (χ1n) is 6.36. The highest BCUT2D eigenvalue weighted by molar-refractivity contribution is 6.04. The van der Waals surface area contributed by atoms with E-state index >= 15 is 0 Å². The highest BCUT2D eigenvalue weighted by atomic mass is 19.1. The van der Waals surface area contributed by atoms with E-state index in [1.807, 2.05) is 0 Å². The number of hydrogen-bond donors (Lipinski definition) is 1. The van der Waals surface area contributed by atoms with E-state index in [4.69, 9.17) is 0 Å². The topological polar surface area (TPSA) is 59.8 Å². The third kappa shape index (κ3) is 2.83. The summed E-state index contributed by atoms with van der Waals surface area (Å²) in [6, 6.07) is 9.55. The lowest BCUT2D eigenvalue weighted by Crippen LogP contribution is -2.13. The van der Waals surface area contributed by atoms with E-state index in [0.717, 1.165) is 6.07 Å². The van der Waals surface area contributed by atoms with E-state index in [2.05, 4.69) is 15.6 Å². The fourth-order valence-electron chi connectivity index (χ4n) is 1.92. The molecule has 0 aliphatic heterocycles. The van der Waals surface area contributed by atoms with Crippen LogP contribution in [-0.2, 0) is 0 Å². The maximum atomic E-state index is 13.6. The van der Waals surface area contributed by atoms with Gasteiger partial charge in [0.05, 0.1) is 23.8 Å². The number of benzene rings is 2. The molecule has 1 heterocycles. The van der Waals surface area contributed by atoms with Gasteiger partial charge < -0.3 is 5.32 Å². The van der Waals surface area contributed by atoms with Crippen LogP contribution in [0.15, 0.2) is 54.9 Å². The number of nitrogens with zero attached hydrogens (tertiary/aromatic N) is 3. The monoisotopic (exact) mass is 300 g/mol. The fraction of sp³-hybridized carbons (Fsp3) is 0. The summed E-state index contributed by atoms with van der Waals surface area (Å²) in [5.41, 5.74) is 0.874. The molecule has 1 N–H and O–H groups in total. The molecule has 0 spiro atoms. The number of halogens is 2. The van der Waals surface area contributed by atoms with Gasteiger partial charge in [-0.25, -0.2) is 13.5 Å². The molecular weight excluding hydrogens is 290 g/mol. The Morgan fingerprint density at radius 3 is 2.73 bits per heavy atom. The SMILES string of the molecule is O=C(Nc1ccc(F)cc1F)c1cccc(-n2ccnn2)c1. The van der Waals surface area contributed by atoms with Crippen LogP contribution in [0.4, 0.5) is 14.5 Å². The van der Waals surface area contributed by atoms with Gasteiger partial charge in [0, 0.05) is 11.6 Å². The number of nitrogens with one attached hydrogen (secondary N) is 1. The largest absolute Gasteiger partial charge is 0.319 e. The van der Waals surface area contributed by atoms with Gasteiger partial charge in [0.2, 0.25) is 0 Å². The van der Waals surface area contributed by atoms with Gasteiger partial charge in [-0.3, -0.25) is 4.79 Å². The highest BCUT2D eigenvalue weighted by Gasteiger charge is 2.11. The van der Waals surface area contributed by atoms with E-state index in [0.29, 0.717) is 17.3 Å². The smallest absolute Gasteiger partial charge is 0.255 e. The Morgan fingerprint density at radius 1 is 1.14 bits per heavy atom. The summed E-state index contributed by atoms with van der Waals surface area (Å²) < 4.78 is 27.9. The average Bonchev–Trinajstić information content (AvgIpc) is 3.04. The lowest BCUT2D eigenvalue weighted by atomic mass is 10.2. The molecule has 2 aromatic carbocycles. The summed E-state index contributed by atoms with van der Waals surface area (Å²) in [5.74, 6) is -2.04. The number of hydrogen-bond acceptors (Lipinski definition) is 3. The number of carbonyl (C=O) groups excluding carboxylic acids is 1. The molecular formula is C15H10F2N4O. The first-order valence-corrected chi connectivity index (χ1v) is 6.36. The Balaban J connectivity index is 1.85. The van der Waals surface area contributed by atoms with E-state index in [9.17, 15) is 13.6 Å². The molecule has 1 aromatic heterocycles. The van der Waals surface area contributed by atoms with Crippen molar-refractivity contribution in [1.82, 2.24) is 15.0 Å². The molecule has 1 amide bonds. The van der Waals surface area contributed by atoms with Gasteiger partial charge in [0.15, 0.2) is 0 Å². The van der Waals surface area contributed by atoms with Crippen molar-refractivity contribution in [2.75, 3.05) is 5.32 Å². The fourth-order valence-corrected chi connectivity index (χ4v) is 1.92. The van der Waals surface area contributed by atoms with Gasteiger partial charge in [0.25, 0.3) is 5.91 Å². The molecule has 0 atom stereocenters. The zero-order valence-electron chi connectivity index (χ0n) is 11.2. The number of anilines is 1. The molecule has 0 bridgehead atoms. The molecule has 3 rings (SSSR count). The molecule has 110 valence electrons. The van der Waals surface area contributed by atoms with Crippen molar-refractivity contribution >= 4 is 11.6 Å². The van der Waals surface area contributed by atoms with Crippen molar-refractivity contribution in [3.63, 3.8) is 0 Å². The molecule has 0 radical (unpaired) electrons. The molecule has 22 heavy (non-hydrogen) atoms. The van der Waals surface area contributed by atoms with Crippen molar-refractivity contribution < 1.29 is 13.6 Å². The Bertz CT molecular complexity index is 818. The van der Waals surface area contributed by atoms with Crippen LogP contribution in [0.2, 0.25) is 0 Å². The summed E-state index contributed by atoms with van der Waals surface area (Å²) in [4.78, 5) is 12.2. The normalized spacial score (nSPS) is 10.5. The van der Waals surface area contributed by atoms with Crippen molar-refractivity contribution in [3.05, 3.63) is 72.1 Å². The molecule has 0 saturated heterocycles. The minimum atomic E-state index is -0.833. The third-order valence-electron chi connectivity index (χ3n) is 2.97. The molecule has 0 aliphatic rings. The Kier molecular flexibility index (Phi) is 3.61. The van der Waals surface area contributed by atoms with Crippen LogP contribution in [0.5, 0.6) is 0 Å². The van der Waals surface area contributed by atoms with E-state index in [-0.39, 0.29) is 5.69 Å². The van der Waals surface area contributed by atoms with Gasteiger partial charge in [-0.1, -0.05) is 11.3 Å². The zero-order chi connectivity index (χ0) is 15.5. The molecule has 0 aliphatic carbocycles. The molecule has 3 aromatic rings. The number of carbonyl (C=O) groups is 1. The first-order chi connectivity index (χ1) is 10.6. The highest BCUT2D eigenvalue weighted by Crippen LogP contribution is 2.17. The van der Waals surface area contributed by atoms with Crippen LogP contribution in [0.1, 0.15) is 10.4 Å². The van der Waals surface area contributed by atoms with Gasteiger partial charge in [-0.2, -0.15) is 0 Å². The van der Waals surface area contributed by atoms with E-state index in [1.165, 1.54) is 16.9 Å². The quantitative estimate of drug-likeness (QED) is 0.809. The maximum absolute atomic E-state index is 13.6. The average molecular weight is 300 g/mol. The standard InChI is InChI=1S/C15H10F2N4O/c16-11-4-5-14(13(17)9-11)19-15(22)10-2-1-3-12(8-10)21-7-6-18-20-21/h1-9H,(H,19,22). The predicted octanol–water partition coefficient (Wildman–Crippen LogP) is 2.80. The van der Waals surface area contributed by atoms with E-state index in [1.54, 1.807) is 30.5 Å². The van der Waals surface area contributed by atoms with Crippen molar-refractivity contribution in [2.45, 2.75) is 0 Å². The lowest BCUT2D eigenvalue weighted by Gasteiger charge is -2.08. The first kappa shape index (κ1) is 13.9. The summed E-state index contributed by atoms with van der Waals surface area (Å²) in [6.07, 6.45) is 3.15. The van der Waals surface area contributed by atoms with Crippen molar-refractivity contribution in [2.24, 2.45) is 0 Å². The van der Waals surface area contributed by atoms with Crippen LogP contribution >= 0.6 is 0 Å². The van der Waals surface area contributed by atoms with Gasteiger partial charge in [-0.15, -0.1) is 5.10 Å². The predicted molar refractivity (Wildman–Crippen MR) is 75.7 cm³/mol. The second-order valence-electron chi connectivity index (χ2n) is 4.48. The van der Waals surface area contributed by atoms with Crippen LogP contribution < -0.4 is 5.32 Å². The summed E-state index contributed by atoms with van der Waals surface area (Å²) in [5, 5.41) is 9.92. The lowest BCUT2D eigenvalue weighted by molar-refractivity contribution is 0.102. The van der Waals surface area contributed by atoms with Crippen LogP contribution in [-0.4, -0.2) is 20.9 Å². The van der Waals surface area contributed by atoms with Crippen LogP contribution in [0.25, 0.3) is 5.69 Å². The van der Waals surface area contributed by atoms with E-state index < -0.39 is 17.5 Å². The second kappa shape index (κ2) is 5.72. The molecule has 0 saturated carbocycles. The number of amides is 1.